The third-order valence-electron chi connectivity index (χ3n) is 10.4. The van der Waals surface area contributed by atoms with Gasteiger partial charge in [-0.1, -0.05) is 20.8 Å². The minimum atomic E-state index is -0.268. The number of ether oxygens (including phenoxy) is 1. The molecule has 0 aromatic rings. The Bertz CT molecular complexity index is 659. The summed E-state index contributed by atoms with van der Waals surface area (Å²) in [5.41, 5.74) is 0.193. The normalized spacial score (nSPS) is 47.7. The summed E-state index contributed by atoms with van der Waals surface area (Å²) in [6.07, 6.45) is 9.29. The average molecular weight is 405 g/mol. The molecule has 4 saturated carbocycles. The smallest absolute Gasteiger partial charge is 0.305 e. The molecule has 29 heavy (non-hydrogen) atoms. The monoisotopic (exact) mass is 404 g/mol. The second kappa shape index (κ2) is 7.66. The summed E-state index contributed by atoms with van der Waals surface area (Å²) in [6.45, 7) is 7.05. The van der Waals surface area contributed by atoms with Gasteiger partial charge in [0.25, 0.3) is 0 Å². The van der Waals surface area contributed by atoms with E-state index in [9.17, 15) is 14.7 Å². The second-order valence-electron chi connectivity index (χ2n) is 11.3. The number of esters is 1. The number of hydrogen-bond acceptors (Lipinski definition) is 4. The Morgan fingerprint density at radius 3 is 2.69 bits per heavy atom. The minimum Gasteiger partial charge on any atom is -0.469 e. The van der Waals surface area contributed by atoms with Crippen LogP contribution in [0, 0.1) is 46.3 Å². The van der Waals surface area contributed by atoms with Crippen molar-refractivity contribution >= 4 is 11.8 Å². The third-order valence-corrected chi connectivity index (χ3v) is 10.4. The van der Waals surface area contributed by atoms with Crippen molar-refractivity contribution in [1.29, 1.82) is 0 Å². The van der Waals surface area contributed by atoms with Gasteiger partial charge < -0.3 is 9.84 Å². The summed E-state index contributed by atoms with van der Waals surface area (Å²) < 4.78 is 4.84. The van der Waals surface area contributed by atoms with Crippen LogP contribution in [-0.2, 0) is 14.3 Å². The van der Waals surface area contributed by atoms with E-state index in [4.69, 9.17) is 4.74 Å². The third kappa shape index (κ3) is 3.28. The lowest BCUT2D eigenvalue weighted by Crippen LogP contribution is -2.58. The Hall–Kier alpha value is -0.900. The largest absolute Gasteiger partial charge is 0.469 e. The van der Waals surface area contributed by atoms with Crippen LogP contribution in [0.15, 0.2) is 0 Å². The first-order chi connectivity index (χ1) is 13.7. The van der Waals surface area contributed by atoms with Crippen molar-refractivity contribution < 1.29 is 19.4 Å². The highest BCUT2D eigenvalue weighted by Crippen LogP contribution is 2.68. The number of hydrogen-bond donors (Lipinski definition) is 1. The average Bonchev–Trinajstić information content (AvgIpc) is 3.06. The van der Waals surface area contributed by atoms with Crippen molar-refractivity contribution in [2.75, 3.05) is 7.11 Å². The van der Waals surface area contributed by atoms with E-state index in [-0.39, 0.29) is 22.9 Å². The molecule has 0 radical (unpaired) electrons. The Kier molecular flexibility index (Phi) is 5.63. The molecule has 4 rings (SSSR count). The molecule has 0 aromatic heterocycles. The first-order valence-corrected chi connectivity index (χ1v) is 12.0. The summed E-state index contributed by atoms with van der Waals surface area (Å²) in [5, 5.41) is 11.5. The molecule has 4 nitrogen and oxygen atoms in total. The van der Waals surface area contributed by atoms with Gasteiger partial charge in [0.1, 0.15) is 5.78 Å². The molecule has 4 aliphatic carbocycles. The zero-order chi connectivity index (χ0) is 21.0. The molecule has 164 valence electrons. The predicted octanol–water partition coefficient (Wildman–Crippen LogP) is 4.77. The van der Waals surface area contributed by atoms with Crippen LogP contribution < -0.4 is 0 Å². The Morgan fingerprint density at radius 1 is 1.21 bits per heavy atom. The Balaban J connectivity index is 1.54. The van der Waals surface area contributed by atoms with Gasteiger partial charge in [-0.2, -0.15) is 0 Å². The van der Waals surface area contributed by atoms with E-state index >= 15 is 0 Å². The van der Waals surface area contributed by atoms with Crippen LogP contribution in [0.3, 0.4) is 0 Å². The number of ketones is 1. The van der Waals surface area contributed by atoms with Crippen LogP contribution in [0.1, 0.15) is 85.0 Å². The maximum Gasteiger partial charge on any atom is 0.305 e. The molecule has 0 spiro atoms. The molecular weight excluding hydrogens is 364 g/mol. The maximum absolute atomic E-state index is 12.1. The molecule has 0 bridgehead atoms. The van der Waals surface area contributed by atoms with E-state index in [0.29, 0.717) is 47.7 Å². The summed E-state index contributed by atoms with van der Waals surface area (Å²) in [5.74, 6) is 3.59. The topological polar surface area (TPSA) is 63.6 Å². The SMILES string of the molecule is COC(=O)CC[C@@H](C)C1CCC2C3CCC4CC(=O)CC[C@]4(C)C3C[C@H](O)[C@@]21C. The quantitative estimate of drug-likeness (QED) is 0.685. The number of rotatable bonds is 4. The lowest BCUT2D eigenvalue weighted by molar-refractivity contribution is -0.171. The molecule has 4 fully saturated rings. The van der Waals surface area contributed by atoms with E-state index in [1.807, 2.05) is 0 Å². The van der Waals surface area contributed by atoms with Gasteiger partial charge in [-0.15, -0.1) is 0 Å². The fourth-order valence-corrected chi connectivity index (χ4v) is 8.62. The van der Waals surface area contributed by atoms with Crippen molar-refractivity contribution in [2.45, 2.75) is 91.1 Å². The van der Waals surface area contributed by atoms with Crippen LogP contribution in [0.2, 0.25) is 0 Å². The van der Waals surface area contributed by atoms with Gasteiger partial charge in [0.2, 0.25) is 0 Å². The highest BCUT2D eigenvalue weighted by molar-refractivity contribution is 5.79. The highest BCUT2D eigenvalue weighted by Gasteiger charge is 2.63. The molecule has 0 aromatic carbocycles. The number of carbonyl (C=O) groups excluding carboxylic acids is 2. The number of aliphatic hydroxyl groups is 1. The van der Waals surface area contributed by atoms with Gasteiger partial charge in [-0.3, -0.25) is 9.59 Å². The zero-order valence-corrected chi connectivity index (χ0v) is 18.8. The number of fused-ring (bicyclic) bond motifs is 5. The highest BCUT2D eigenvalue weighted by atomic mass is 16.5. The van der Waals surface area contributed by atoms with E-state index in [1.165, 1.54) is 32.8 Å². The van der Waals surface area contributed by atoms with Gasteiger partial charge in [-0.05, 0) is 91.3 Å². The van der Waals surface area contributed by atoms with E-state index < -0.39 is 0 Å². The van der Waals surface area contributed by atoms with E-state index in [0.717, 1.165) is 32.1 Å². The molecule has 1 N–H and O–H groups in total. The standard InChI is InChI=1S/C25H40O4/c1-15(5-10-23(28)29-4)19-8-9-20-18-7-6-16-13-17(26)11-12-24(16,2)21(18)14-22(27)25(19,20)3/h15-16,18-22,27H,5-14H2,1-4H3/t15-,16?,18?,19?,20?,21?,22+,24+,25-/m1/s1. The summed E-state index contributed by atoms with van der Waals surface area (Å²) in [4.78, 5) is 23.7. The Labute approximate surface area is 176 Å². The van der Waals surface area contributed by atoms with Gasteiger partial charge in [0.05, 0.1) is 13.2 Å². The van der Waals surface area contributed by atoms with Crippen molar-refractivity contribution in [1.82, 2.24) is 0 Å². The number of carbonyl (C=O) groups is 2. The fourth-order valence-electron chi connectivity index (χ4n) is 8.62. The Morgan fingerprint density at radius 2 is 1.97 bits per heavy atom. The van der Waals surface area contributed by atoms with Crippen LogP contribution in [0.4, 0.5) is 0 Å². The van der Waals surface area contributed by atoms with Crippen LogP contribution in [0.5, 0.6) is 0 Å². The van der Waals surface area contributed by atoms with Crippen LogP contribution >= 0.6 is 0 Å². The predicted molar refractivity (Wildman–Crippen MR) is 112 cm³/mol. The lowest BCUT2D eigenvalue weighted by atomic mass is 9.44. The molecule has 9 atom stereocenters. The molecule has 4 aliphatic rings. The van der Waals surface area contributed by atoms with Gasteiger partial charge >= 0.3 is 5.97 Å². The maximum atomic E-state index is 12.1. The molecule has 4 heteroatoms. The zero-order valence-electron chi connectivity index (χ0n) is 18.8. The molecule has 0 heterocycles. The number of aliphatic hydroxyl groups excluding tert-OH is 1. The van der Waals surface area contributed by atoms with Crippen molar-refractivity contribution in [3.05, 3.63) is 0 Å². The molecule has 0 saturated heterocycles. The van der Waals surface area contributed by atoms with Crippen molar-refractivity contribution in [3.8, 4) is 0 Å². The number of Topliss-reactive ketones (excluding diaryl/α,β-unsaturated/α-hetero) is 1. The van der Waals surface area contributed by atoms with E-state index in [1.54, 1.807) is 0 Å². The van der Waals surface area contributed by atoms with Crippen molar-refractivity contribution in [2.24, 2.45) is 46.3 Å². The van der Waals surface area contributed by atoms with Crippen molar-refractivity contribution in [3.63, 3.8) is 0 Å². The summed E-state index contributed by atoms with van der Waals surface area (Å²) in [7, 11) is 1.46. The first kappa shape index (κ1) is 21.3. The van der Waals surface area contributed by atoms with E-state index in [2.05, 4.69) is 20.8 Å². The van der Waals surface area contributed by atoms with Crippen LogP contribution in [0.25, 0.3) is 0 Å². The summed E-state index contributed by atoms with van der Waals surface area (Å²) in [6, 6.07) is 0. The van der Waals surface area contributed by atoms with Crippen LogP contribution in [-0.4, -0.2) is 30.1 Å². The van der Waals surface area contributed by atoms with Gasteiger partial charge in [0, 0.05) is 19.3 Å². The second-order valence-corrected chi connectivity index (χ2v) is 11.3. The molecular formula is C25H40O4. The number of methoxy groups -OCH3 is 1. The minimum absolute atomic E-state index is 0.0373. The summed E-state index contributed by atoms with van der Waals surface area (Å²) >= 11 is 0. The van der Waals surface area contributed by atoms with Gasteiger partial charge in [0.15, 0.2) is 0 Å². The molecule has 5 unspecified atom stereocenters. The first-order valence-electron chi connectivity index (χ1n) is 12.0. The van der Waals surface area contributed by atoms with Gasteiger partial charge in [-0.25, -0.2) is 0 Å². The lowest BCUT2D eigenvalue weighted by Gasteiger charge is -2.62. The molecule has 0 aliphatic heterocycles. The fraction of sp³-hybridized carbons (Fsp3) is 0.920. The molecule has 0 amide bonds.